The van der Waals surface area contributed by atoms with Crippen LogP contribution < -0.4 is 10.6 Å². The van der Waals surface area contributed by atoms with Gasteiger partial charge in [0.25, 0.3) is 5.91 Å². The molecule has 0 aromatic heterocycles. The Bertz CT molecular complexity index is 716. The van der Waals surface area contributed by atoms with Crippen LogP contribution in [0.1, 0.15) is 40.9 Å². The first-order chi connectivity index (χ1) is 12.0. The van der Waals surface area contributed by atoms with Crippen LogP contribution >= 0.6 is 0 Å². The fourth-order valence-electron chi connectivity index (χ4n) is 2.58. The molecule has 3 N–H and O–H groups in total. The molecule has 0 aliphatic heterocycles. The molecule has 25 heavy (non-hydrogen) atoms. The lowest BCUT2D eigenvalue weighted by Crippen LogP contribution is -2.41. The standard InChI is InChI=1S/C20H24N2O3/c1-14-7-6-10-17(11-14)20(25)21-13-19(24)22-15(2)12-18(23)16-8-4-3-5-9-16/h3-11,15,18,23H,12-13H2,1-2H3,(H,21,25)(H,22,24). The van der Waals surface area contributed by atoms with Crippen molar-refractivity contribution in [1.82, 2.24) is 10.6 Å². The quantitative estimate of drug-likeness (QED) is 0.724. The molecular weight excluding hydrogens is 316 g/mol. The smallest absolute Gasteiger partial charge is 0.251 e. The molecule has 0 bridgehead atoms. The minimum Gasteiger partial charge on any atom is -0.388 e. The number of hydrogen-bond donors (Lipinski definition) is 3. The van der Waals surface area contributed by atoms with Crippen molar-refractivity contribution in [3.8, 4) is 0 Å². The molecule has 2 unspecified atom stereocenters. The number of amides is 2. The maximum atomic E-state index is 12.0. The Kier molecular flexibility index (Phi) is 6.71. The number of carbonyl (C=O) groups is 2. The van der Waals surface area contributed by atoms with Crippen LogP contribution in [0.5, 0.6) is 0 Å². The Hall–Kier alpha value is -2.66. The number of carbonyl (C=O) groups excluding carboxylic acids is 2. The van der Waals surface area contributed by atoms with E-state index < -0.39 is 6.10 Å². The van der Waals surface area contributed by atoms with E-state index in [4.69, 9.17) is 0 Å². The molecule has 2 rings (SSSR count). The third-order valence-electron chi connectivity index (χ3n) is 3.86. The summed E-state index contributed by atoms with van der Waals surface area (Å²) in [5.41, 5.74) is 2.33. The highest BCUT2D eigenvalue weighted by Crippen LogP contribution is 2.17. The topological polar surface area (TPSA) is 78.4 Å². The van der Waals surface area contributed by atoms with E-state index in [1.807, 2.05) is 50.2 Å². The van der Waals surface area contributed by atoms with Crippen molar-refractivity contribution >= 4 is 11.8 Å². The number of benzene rings is 2. The number of rotatable bonds is 7. The van der Waals surface area contributed by atoms with Crippen LogP contribution in [0.2, 0.25) is 0 Å². The van der Waals surface area contributed by atoms with Crippen LogP contribution in [0, 0.1) is 6.92 Å². The SMILES string of the molecule is Cc1cccc(C(=O)NCC(=O)NC(C)CC(O)c2ccccc2)c1. The highest BCUT2D eigenvalue weighted by Gasteiger charge is 2.15. The minimum absolute atomic E-state index is 0.0987. The molecule has 0 saturated carbocycles. The van der Waals surface area contributed by atoms with Crippen molar-refractivity contribution in [3.05, 3.63) is 71.3 Å². The summed E-state index contributed by atoms with van der Waals surface area (Å²) in [4.78, 5) is 24.0. The van der Waals surface area contributed by atoms with E-state index in [-0.39, 0.29) is 24.4 Å². The molecule has 0 saturated heterocycles. The fraction of sp³-hybridized carbons (Fsp3) is 0.300. The van der Waals surface area contributed by atoms with Gasteiger partial charge in [-0.15, -0.1) is 0 Å². The molecule has 2 atom stereocenters. The summed E-state index contributed by atoms with van der Waals surface area (Å²) in [6, 6.07) is 16.3. The zero-order valence-corrected chi connectivity index (χ0v) is 14.5. The van der Waals surface area contributed by atoms with Crippen molar-refractivity contribution in [2.75, 3.05) is 6.54 Å². The number of aliphatic hydroxyl groups is 1. The summed E-state index contributed by atoms with van der Waals surface area (Å²) in [5, 5.41) is 15.6. The van der Waals surface area contributed by atoms with Crippen LogP contribution in [-0.2, 0) is 4.79 Å². The molecule has 0 aliphatic rings. The zero-order valence-electron chi connectivity index (χ0n) is 14.5. The van der Waals surface area contributed by atoms with E-state index in [1.54, 1.807) is 18.2 Å². The fourth-order valence-corrected chi connectivity index (χ4v) is 2.58. The summed E-state index contributed by atoms with van der Waals surface area (Å²) >= 11 is 0. The normalized spacial score (nSPS) is 12.9. The average Bonchev–Trinajstić information content (AvgIpc) is 2.60. The summed E-state index contributed by atoms with van der Waals surface area (Å²) in [6.07, 6.45) is -0.236. The van der Waals surface area contributed by atoms with Crippen molar-refractivity contribution in [2.45, 2.75) is 32.4 Å². The molecule has 0 radical (unpaired) electrons. The molecule has 2 amide bonds. The van der Waals surface area contributed by atoms with Gasteiger partial charge in [-0.2, -0.15) is 0 Å². The molecule has 5 nitrogen and oxygen atoms in total. The molecule has 2 aromatic carbocycles. The molecular formula is C20H24N2O3. The molecule has 0 spiro atoms. The minimum atomic E-state index is -0.640. The third-order valence-corrected chi connectivity index (χ3v) is 3.86. The molecule has 132 valence electrons. The lowest BCUT2D eigenvalue weighted by Gasteiger charge is -2.18. The van der Waals surface area contributed by atoms with E-state index in [2.05, 4.69) is 10.6 Å². The Balaban J connectivity index is 1.77. The van der Waals surface area contributed by atoms with Crippen LogP contribution in [0.4, 0.5) is 0 Å². The molecule has 5 heteroatoms. The Morgan fingerprint density at radius 2 is 1.80 bits per heavy atom. The van der Waals surface area contributed by atoms with Gasteiger partial charge >= 0.3 is 0 Å². The zero-order chi connectivity index (χ0) is 18.2. The number of nitrogens with one attached hydrogen (secondary N) is 2. The predicted octanol–water partition coefficient (Wildman–Crippen LogP) is 2.35. The number of aryl methyl sites for hydroxylation is 1. The highest BCUT2D eigenvalue weighted by molar-refractivity contribution is 5.96. The van der Waals surface area contributed by atoms with Gasteiger partial charge in [-0.1, -0.05) is 48.0 Å². The van der Waals surface area contributed by atoms with Gasteiger partial charge in [0, 0.05) is 11.6 Å². The lowest BCUT2D eigenvalue weighted by molar-refractivity contribution is -0.120. The lowest BCUT2D eigenvalue weighted by atomic mass is 10.0. The summed E-state index contributed by atoms with van der Waals surface area (Å²) in [7, 11) is 0. The number of aliphatic hydroxyl groups excluding tert-OH is 1. The van der Waals surface area contributed by atoms with Crippen LogP contribution in [0.3, 0.4) is 0 Å². The van der Waals surface area contributed by atoms with Crippen LogP contribution in [0.25, 0.3) is 0 Å². The van der Waals surface area contributed by atoms with Gasteiger partial charge in [-0.25, -0.2) is 0 Å². The van der Waals surface area contributed by atoms with Crippen LogP contribution in [-0.4, -0.2) is 29.5 Å². The predicted molar refractivity (Wildman–Crippen MR) is 97.1 cm³/mol. The Morgan fingerprint density at radius 1 is 1.08 bits per heavy atom. The maximum Gasteiger partial charge on any atom is 0.251 e. The molecule has 0 aliphatic carbocycles. The molecule has 0 heterocycles. The second kappa shape index (κ2) is 8.99. The maximum absolute atomic E-state index is 12.0. The summed E-state index contributed by atoms with van der Waals surface area (Å²) in [5.74, 6) is -0.565. The van der Waals surface area contributed by atoms with Crippen molar-refractivity contribution in [3.63, 3.8) is 0 Å². The van der Waals surface area contributed by atoms with Gasteiger partial charge in [0.2, 0.25) is 5.91 Å². The largest absolute Gasteiger partial charge is 0.388 e. The van der Waals surface area contributed by atoms with E-state index >= 15 is 0 Å². The first-order valence-corrected chi connectivity index (χ1v) is 8.33. The second-order valence-corrected chi connectivity index (χ2v) is 6.18. The first-order valence-electron chi connectivity index (χ1n) is 8.33. The van der Waals surface area contributed by atoms with E-state index in [0.717, 1.165) is 11.1 Å². The van der Waals surface area contributed by atoms with Gasteiger partial charge in [0.1, 0.15) is 0 Å². The number of hydrogen-bond acceptors (Lipinski definition) is 3. The van der Waals surface area contributed by atoms with Gasteiger partial charge in [0.05, 0.1) is 12.6 Å². The average molecular weight is 340 g/mol. The van der Waals surface area contributed by atoms with E-state index in [9.17, 15) is 14.7 Å². The van der Waals surface area contributed by atoms with E-state index in [0.29, 0.717) is 12.0 Å². The van der Waals surface area contributed by atoms with E-state index in [1.165, 1.54) is 0 Å². The van der Waals surface area contributed by atoms with Gasteiger partial charge in [0.15, 0.2) is 0 Å². The summed E-state index contributed by atoms with van der Waals surface area (Å²) in [6.45, 7) is 3.63. The Labute approximate surface area is 148 Å². The molecule has 0 fully saturated rings. The van der Waals surface area contributed by atoms with Crippen molar-refractivity contribution in [2.24, 2.45) is 0 Å². The molecule has 2 aromatic rings. The van der Waals surface area contributed by atoms with Gasteiger partial charge in [-0.05, 0) is 38.0 Å². The summed E-state index contributed by atoms with van der Waals surface area (Å²) < 4.78 is 0. The highest BCUT2D eigenvalue weighted by atomic mass is 16.3. The monoisotopic (exact) mass is 340 g/mol. The second-order valence-electron chi connectivity index (χ2n) is 6.18. The first kappa shape index (κ1) is 18.7. The van der Waals surface area contributed by atoms with Crippen molar-refractivity contribution in [1.29, 1.82) is 0 Å². The van der Waals surface area contributed by atoms with Gasteiger partial charge < -0.3 is 15.7 Å². The van der Waals surface area contributed by atoms with Crippen molar-refractivity contribution < 1.29 is 14.7 Å². The Morgan fingerprint density at radius 3 is 2.48 bits per heavy atom. The third kappa shape index (κ3) is 6.04. The van der Waals surface area contributed by atoms with Gasteiger partial charge in [-0.3, -0.25) is 9.59 Å². The van der Waals surface area contributed by atoms with Crippen LogP contribution in [0.15, 0.2) is 54.6 Å².